The van der Waals surface area contributed by atoms with Crippen molar-refractivity contribution in [3.63, 3.8) is 0 Å². The van der Waals surface area contributed by atoms with E-state index in [0.29, 0.717) is 98.6 Å². The Bertz CT molecular complexity index is 3900. The van der Waals surface area contributed by atoms with E-state index >= 15 is 0 Å². The quantitative estimate of drug-likeness (QED) is 0.0127. The van der Waals surface area contributed by atoms with Gasteiger partial charge in [0.15, 0.2) is 0 Å². The van der Waals surface area contributed by atoms with Gasteiger partial charge in [-0.15, -0.1) is 22.7 Å². The van der Waals surface area contributed by atoms with Gasteiger partial charge in [-0.3, -0.25) is 14.9 Å². The van der Waals surface area contributed by atoms with Crippen LogP contribution in [0.2, 0.25) is 0 Å². The summed E-state index contributed by atoms with van der Waals surface area (Å²) in [4.78, 5) is 91.5. The van der Waals surface area contributed by atoms with E-state index < -0.39 is 35.5 Å². The van der Waals surface area contributed by atoms with Crippen LogP contribution >= 0.6 is 22.7 Å². The summed E-state index contributed by atoms with van der Waals surface area (Å²) in [6, 6.07) is 34.4. The summed E-state index contributed by atoms with van der Waals surface area (Å²) in [5.74, 6) is -0.493. The number of methoxy groups -OCH3 is 6. The molecule has 0 atom stereocenters. The number of esters is 2. The summed E-state index contributed by atoms with van der Waals surface area (Å²) >= 11 is 3.20. The van der Waals surface area contributed by atoms with E-state index in [1.54, 1.807) is 133 Å². The predicted molar refractivity (Wildman–Crippen MR) is 372 cm³/mol. The fourth-order valence-corrected chi connectivity index (χ4v) is 8.91. The Kier molecular flexibility index (Phi) is 33.7. The molecule has 99 heavy (non-hydrogen) atoms. The summed E-state index contributed by atoms with van der Waals surface area (Å²) < 4.78 is 55.1. The second kappa shape index (κ2) is 42.4. The number of ether oxygens (including phenoxy) is 11. The van der Waals surface area contributed by atoms with Gasteiger partial charge in [0.1, 0.15) is 89.2 Å². The van der Waals surface area contributed by atoms with Crippen LogP contribution < -0.4 is 40.6 Å². The van der Waals surface area contributed by atoms with Crippen LogP contribution in [0, 0.1) is 0 Å². The summed E-state index contributed by atoms with van der Waals surface area (Å²) in [5.41, 5.74) is 10.1. The molecule has 28 nitrogen and oxygen atoms in total. The number of aromatic hydroxyl groups is 1. The van der Waals surface area contributed by atoms with Gasteiger partial charge in [0, 0.05) is 38.2 Å². The maximum Gasteiger partial charge on any atom is 0.412 e. The Morgan fingerprint density at radius 1 is 0.444 bits per heavy atom. The van der Waals surface area contributed by atoms with E-state index in [4.69, 9.17) is 58.6 Å². The number of aromatic carboxylic acids is 1. The second-order valence-electron chi connectivity index (χ2n) is 20.6. The van der Waals surface area contributed by atoms with Crippen LogP contribution in [0.5, 0.6) is 28.7 Å². The molecule has 0 aliphatic rings. The van der Waals surface area contributed by atoms with Crippen LogP contribution in [-0.4, -0.2) is 172 Å². The van der Waals surface area contributed by atoms with E-state index in [9.17, 15) is 28.8 Å². The number of hydrogen-bond acceptors (Lipinski definition) is 26. The molecule has 0 aliphatic heterocycles. The zero-order chi connectivity index (χ0) is 72.0. The van der Waals surface area contributed by atoms with Crippen molar-refractivity contribution in [3.8, 4) is 49.6 Å². The van der Waals surface area contributed by atoms with Crippen LogP contribution in [0.3, 0.4) is 0 Å². The molecule has 524 valence electrons. The second-order valence-corrected chi connectivity index (χ2v) is 22.5. The van der Waals surface area contributed by atoms with Crippen LogP contribution in [0.1, 0.15) is 73.2 Å². The normalized spacial score (nSPS) is 10.3. The highest BCUT2D eigenvalue weighted by Crippen LogP contribution is 2.33. The molecule has 0 saturated carbocycles. The lowest BCUT2D eigenvalue weighted by Crippen LogP contribution is -2.27. The van der Waals surface area contributed by atoms with Gasteiger partial charge in [-0.25, -0.2) is 44.1 Å². The Hall–Kier alpha value is -11.2. The SMILES string of the molecule is COC(=O)c1ccc(O)cn1.COCCOc1ccc(C(=O)Nc2cc(-c3cccs3)ccc2N)nc1.COCCOc1ccc(C(=O)Nc2cc(-c3cccs3)ccc2NC(=O)OC(C)(C)C)nc1.COCCOc1ccc(C(=O)O)nc1.COCCOc1ccc(C(=O)OC)nc1. The summed E-state index contributed by atoms with van der Waals surface area (Å²) in [6.45, 7) is 8.98. The molecule has 0 bridgehead atoms. The molecule has 9 rings (SSSR count). The number of nitrogen functional groups attached to an aromatic ring is 1. The van der Waals surface area contributed by atoms with Crippen LogP contribution in [0.4, 0.5) is 27.5 Å². The Balaban J connectivity index is 0.000000237. The molecule has 0 radical (unpaired) electrons. The fraction of sp³-hybridized carbons (Fsp3) is 0.261. The average Bonchev–Trinajstić information content (AvgIpc) is 1.80. The first-order valence-corrected chi connectivity index (χ1v) is 31.5. The van der Waals surface area contributed by atoms with Gasteiger partial charge in [-0.2, -0.15) is 0 Å². The first-order chi connectivity index (χ1) is 47.7. The van der Waals surface area contributed by atoms with Crippen molar-refractivity contribution in [2.24, 2.45) is 0 Å². The maximum atomic E-state index is 12.9. The highest BCUT2D eigenvalue weighted by atomic mass is 32.1. The number of thiophene rings is 2. The van der Waals surface area contributed by atoms with E-state index in [0.717, 1.165) is 20.9 Å². The largest absolute Gasteiger partial charge is 0.506 e. The molecule has 0 aliphatic carbocycles. The molecule has 30 heteroatoms. The smallest absolute Gasteiger partial charge is 0.412 e. The number of nitrogens with one attached hydrogen (secondary N) is 3. The molecule has 7 N–H and O–H groups in total. The number of pyridine rings is 5. The highest BCUT2D eigenvalue weighted by molar-refractivity contribution is 7.13. The highest BCUT2D eigenvalue weighted by Gasteiger charge is 2.20. The first kappa shape index (κ1) is 78.5. The number of carbonyl (C=O) groups excluding carboxylic acids is 5. The molecule has 0 unspecified atom stereocenters. The van der Waals surface area contributed by atoms with Gasteiger partial charge in [0.2, 0.25) is 0 Å². The third-order valence-electron chi connectivity index (χ3n) is 12.2. The minimum atomic E-state index is -1.05. The minimum Gasteiger partial charge on any atom is -0.506 e. The van der Waals surface area contributed by atoms with Crippen molar-refractivity contribution in [1.29, 1.82) is 0 Å². The molecule has 3 amide bonds. The number of carboxylic acid groups (broad SMARTS) is 1. The molecule has 2 aromatic carbocycles. The number of carboxylic acids is 1. The number of amides is 3. The molecule has 7 aromatic heterocycles. The van der Waals surface area contributed by atoms with Gasteiger partial charge in [0.25, 0.3) is 11.8 Å². The number of benzene rings is 2. The van der Waals surface area contributed by atoms with Gasteiger partial charge in [-0.1, -0.05) is 24.3 Å². The number of aromatic nitrogens is 5. The lowest BCUT2D eigenvalue weighted by atomic mass is 10.1. The summed E-state index contributed by atoms with van der Waals surface area (Å²) in [6.07, 6.45) is 6.41. The van der Waals surface area contributed by atoms with Gasteiger partial charge in [0.05, 0.1) is 94.4 Å². The fourth-order valence-electron chi connectivity index (χ4n) is 7.47. The maximum absolute atomic E-state index is 12.9. The van der Waals surface area contributed by atoms with Crippen LogP contribution in [-0.2, 0) is 33.2 Å². The zero-order valence-corrected chi connectivity index (χ0v) is 57.3. The van der Waals surface area contributed by atoms with Crippen LogP contribution in [0.25, 0.3) is 20.9 Å². The monoisotopic (exact) mass is 1400 g/mol. The molecular weight excluding hydrogens is 1320 g/mol. The number of nitrogens with zero attached hydrogens (tertiary/aromatic N) is 5. The van der Waals surface area contributed by atoms with Crippen molar-refractivity contribution in [2.75, 3.05) is 117 Å². The van der Waals surface area contributed by atoms with Crippen molar-refractivity contribution < 1.29 is 91.1 Å². The molecule has 9 aromatic rings. The van der Waals surface area contributed by atoms with Gasteiger partial charge in [-0.05, 0) is 140 Å². The van der Waals surface area contributed by atoms with Crippen LogP contribution in [0.15, 0.2) is 163 Å². The third-order valence-corrected chi connectivity index (χ3v) is 14.0. The predicted octanol–water partition coefficient (Wildman–Crippen LogP) is 11.4. The molecular formula is C69H77N9O19S2. The lowest BCUT2D eigenvalue weighted by Gasteiger charge is -2.21. The number of carbonyl (C=O) groups is 6. The summed E-state index contributed by atoms with van der Waals surface area (Å²) in [5, 5.41) is 29.7. The van der Waals surface area contributed by atoms with Crippen molar-refractivity contribution in [1.82, 2.24) is 24.9 Å². The first-order valence-electron chi connectivity index (χ1n) is 29.8. The minimum absolute atomic E-state index is 0.00379. The molecule has 0 saturated heterocycles. The van der Waals surface area contributed by atoms with Crippen molar-refractivity contribution in [3.05, 3.63) is 192 Å². The van der Waals surface area contributed by atoms with E-state index in [-0.39, 0.29) is 40.1 Å². The van der Waals surface area contributed by atoms with E-state index in [2.05, 4.69) is 50.3 Å². The number of rotatable bonds is 26. The Labute approximate surface area is 579 Å². The average molecular weight is 1400 g/mol. The van der Waals surface area contributed by atoms with E-state index in [1.165, 1.54) is 63.4 Å². The number of anilines is 4. The Morgan fingerprint density at radius 3 is 1.18 bits per heavy atom. The molecule has 0 fully saturated rings. The van der Waals surface area contributed by atoms with Gasteiger partial charge < -0.3 is 78.7 Å². The summed E-state index contributed by atoms with van der Waals surface area (Å²) in [7, 11) is 8.96. The third kappa shape index (κ3) is 28.6. The number of hydrogen-bond donors (Lipinski definition) is 6. The number of nitrogens with two attached hydrogens (primary N) is 1. The van der Waals surface area contributed by atoms with Crippen molar-refractivity contribution >= 4 is 81.2 Å². The molecule has 0 spiro atoms. The van der Waals surface area contributed by atoms with Crippen molar-refractivity contribution in [2.45, 2.75) is 26.4 Å². The molecule has 7 heterocycles. The van der Waals surface area contributed by atoms with E-state index in [1.807, 2.05) is 53.2 Å². The zero-order valence-electron chi connectivity index (χ0n) is 55.7. The topological polar surface area (TPSA) is 371 Å². The Morgan fingerprint density at radius 2 is 0.828 bits per heavy atom. The van der Waals surface area contributed by atoms with Gasteiger partial charge >= 0.3 is 24.0 Å². The lowest BCUT2D eigenvalue weighted by molar-refractivity contribution is 0.0585. The standard InChI is InChI=1S/C24H27N3O5S.C19H19N3O3S.C10H13NO4.C9H11NO4.C7H7NO3/c1-24(2,3)32-23(29)27-18-9-7-16(21-6-5-13-33-21)14-20(18)26-22(28)19-10-8-17(15-25-19)31-12-11-30-4;1-24-8-9-25-14-5-7-16(21-12-14)19(23)22-17-11-13(4-6-15(17)20)18-3-2-10-26-18;1-13-5-6-15-8-3-4-9(11-7-8)10(12)14-2;1-13-4-5-14-7-2-3-8(9(11)12)10-6-7;1-11-7(10)6-3-2-5(9)4-8-6/h5-10,13-15H,11-12H2,1-4H3,(H,26,28)(H,27,29);2-7,10-12H,8-9,20H2,1H3,(H,22,23);3-4,7H,5-6H2,1-2H3;2-3,6H,4-5H2,1H3,(H,11,12);2-4,9H,1H3.